The summed E-state index contributed by atoms with van der Waals surface area (Å²) in [5.74, 6) is 1.75. The van der Waals surface area contributed by atoms with Crippen molar-refractivity contribution in [3.8, 4) is 5.75 Å². The van der Waals surface area contributed by atoms with E-state index in [1.165, 1.54) is 0 Å². The van der Waals surface area contributed by atoms with Crippen LogP contribution < -0.4 is 10.1 Å². The molecule has 1 atom stereocenters. The van der Waals surface area contributed by atoms with Gasteiger partial charge in [0.25, 0.3) is 0 Å². The number of imidazole rings is 1. The number of nitrogens with one attached hydrogen (secondary N) is 1. The first-order valence-corrected chi connectivity index (χ1v) is 11.0. The van der Waals surface area contributed by atoms with Crippen LogP contribution in [0.3, 0.4) is 0 Å². The van der Waals surface area contributed by atoms with E-state index in [-0.39, 0.29) is 0 Å². The molecule has 1 heterocycles. The molecule has 1 aromatic heterocycles. The molecule has 0 fully saturated rings. The molecular formula is C22H26N4O2S. The van der Waals surface area contributed by atoms with E-state index in [4.69, 9.17) is 9.73 Å². The average molecular weight is 411 g/mol. The lowest BCUT2D eigenvalue weighted by Gasteiger charge is -2.14. The fourth-order valence-corrected chi connectivity index (χ4v) is 4.46. The number of hydrogen-bond acceptors (Lipinski definition) is 4. The Balaban J connectivity index is 2.05. The summed E-state index contributed by atoms with van der Waals surface area (Å²) >= 11 is 0. The highest BCUT2D eigenvalue weighted by Gasteiger charge is 2.13. The smallest absolute Gasteiger partial charge is 0.142 e. The molecule has 0 aliphatic carbocycles. The van der Waals surface area contributed by atoms with E-state index < -0.39 is 9.52 Å². The van der Waals surface area contributed by atoms with Gasteiger partial charge < -0.3 is 14.6 Å². The van der Waals surface area contributed by atoms with Gasteiger partial charge in [-0.25, -0.2) is 9.98 Å². The zero-order valence-electron chi connectivity index (χ0n) is 17.4. The maximum atomic E-state index is 13.0. The Morgan fingerprint density at radius 3 is 2.79 bits per heavy atom. The Kier molecular flexibility index (Phi) is 5.82. The normalized spacial score (nSPS) is 13.8. The van der Waals surface area contributed by atoms with Crippen molar-refractivity contribution in [2.75, 3.05) is 18.2 Å². The van der Waals surface area contributed by atoms with E-state index in [1.807, 2.05) is 50.6 Å². The van der Waals surface area contributed by atoms with Crippen LogP contribution in [0.25, 0.3) is 11.0 Å². The van der Waals surface area contributed by atoms with Crippen molar-refractivity contribution in [1.82, 2.24) is 9.55 Å². The van der Waals surface area contributed by atoms with Crippen molar-refractivity contribution in [2.45, 2.75) is 25.7 Å². The first kappa shape index (κ1) is 20.7. The van der Waals surface area contributed by atoms with Crippen LogP contribution in [0.15, 0.2) is 53.1 Å². The van der Waals surface area contributed by atoms with Crippen LogP contribution in [0.2, 0.25) is 0 Å². The number of benzene rings is 2. The molecular weight excluding hydrogens is 384 g/mol. The Morgan fingerprint density at radius 1 is 1.38 bits per heavy atom. The van der Waals surface area contributed by atoms with Crippen molar-refractivity contribution in [2.24, 2.45) is 12.0 Å². The van der Waals surface area contributed by atoms with Crippen molar-refractivity contribution < 1.29 is 8.95 Å². The number of aliphatic imine (C=N–C) groups is 1. The minimum Gasteiger partial charge on any atom is -0.495 e. The van der Waals surface area contributed by atoms with Gasteiger partial charge in [0.15, 0.2) is 0 Å². The molecule has 2 aromatic carbocycles. The topological polar surface area (TPSA) is 68.5 Å². The Labute approximate surface area is 172 Å². The Morgan fingerprint density at radius 2 is 2.14 bits per heavy atom. The number of methoxy groups -OCH3 is 1. The summed E-state index contributed by atoms with van der Waals surface area (Å²) in [4.78, 5) is 9.93. The van der Waals surface area contributed by atoms with Crippen LogP contribution in [0.4, 0.5) is 11.4 Å². The van der Waals surface area contributed by atoms with Crippen LogP contribution in [0.5, 0.6) is 5.75 Å². The highest BCUT2D eigenvalue weighted by atomic mass is 32.2. The summed E-state index contributed by atoms with van der Waals surface area (Å²) in [6, 6.07) is 9.48. The van der Waals surface area contributed by atoms with E-state index in [0.717, 1.165) is 22.3 Å². The van der Waals surface area contributed by atoms with Gasteiger partial charge in [-0.1, -0.05) is 18.0 Å². The molecule has 0 spiro atoms. The van der Waals surface area contributed by atoms with Crippen molar-refractivity contribution in [1.29, 1.82) is 0 Å². The van der Waals surface area contributed by atoms with E-state index in [2.05, 4.69) is 21.9 Å². The maximum absolute atomic E-state index is 13.0. The first-order chi connectivity index (χ1) is 13.8. The molecule has 1 N–H and O–H groups in total. The molecule has 7 heteroatoms. The third-order valence-electron chi connectivity index (χ3n) is 4.86. The predicted molar refractivity (Wildman–Crippen MR) is 122 cm³/mol. The van der Waals surface area contributed by atoms with E-state index >= 15 is 0 Å². The van der Waals surface area contributed by atoms with Crippen molar-refractivity contribution >= 4 is 42.8 Å². The number of ether oxygens (including phenoxy) is 1. The number of amidine groups is 1. The maximum Gasteiger partial charge on any atom is 0.142 e. The molecule has 3 rings (SSSR count). The second-order valence-electron chi connectivity index (χ2n) is 6.75. The number of aromatic nitrogens is 2. The third kappa shape index (κ3) is 3.92. The monoisotopic (exact) mass is 410 g/mol. The van der Waals surface area contributed by atoms with Gasteiger partial charge in [-0.2, -0.15) is 0 Å². The van der Waals surface area contributed by atoms with E-state index in [9.17, 15) is 4.21 Å². The minimum absolute atomic E-state index is 0.441. The predicted octanol–water partition coefficient (Wildman–Crippen LogP) is 4.30. The summed E-state index contributed by atoms with van der Waals surface area (Å²) in [6.07, 6.45) is 1.78. The van der Waals surface area contributed by atoms with Crippen LogP contribution in [0, 0.1) is 6.92 Å². The standard InChI is InChI=1S/C22H26N4O2S/c1-7-29(27,8-2)17-10-12-20(28-6)18(13-17)24-16(4)25-21-15(3)9-11-19-22(21)23-14-26(19)5/h9-14H,1,8H2,2-6H3,(H,24,25). The van der Waals surface area contributed by atoms with Gasteiger partial charge in [0.1, 0.15) is 17.1 Å². The van der Waals surface area contributed by atoms with Gasteiger partial charge in [-0.15, -0.1) is 0 Å². The lowest BCUT2D eigenvalue weighted by Crippen LogP contribution is -2.10. The molecule has 0 radical (unpaired) electrons. The van der Waals surface area contributed by atoms with Crippen molar-refractivity contribution in [3.05, 3.63) is 48.8 Å². The zero-order chi connectivity index (χ0) is 21.2. The van der Waals surface area contributed by atoms with E-state index in [1.54, 1.807) is 25.6 Å². The fraction of sp³-hybridized carbons (Fsp3) is 0.273. The minimum atomic E-state index is -2.43. The largest absolute Gasteiger partial charge is 0.495 e. The van der Waals surface area contributed by atoms with Crippen LogP contribution in [0.1, 0.15) is 19.4 Å². The highest BCUT2D eigenvalue weighted by molar-refractivity contribution is 8.00. The first-order valence-electron chi connectivity index (χ1n) is 9.29. The number of fused-ring (bicyclic) bond motifs is 1. The number of aryl methyl sites for hydroxylation is 2. The van der Waals surface area contributed by atoms with Gasteiger partial charge >= 0.3 is 0 Å². The van der Waals surface area contributed by atoms with Gasteiger partial charge in [0.05, 0.1) is 30.3 Å². The van der Waals surface area contributed by atoms with Gasteiger partial charge in [-0.3, -0.25) is 4.21 Å². The molecule has 0 saturated heterocycles. The quantitative estimate of drug-likeness (QED) is 0.387. The SMILES string of the molecule is C=C=S(=O)(CC)c1ccc(OC)c(NC(C)=Nc2c(C)ccc3c2ncn3C)c1. The molecule has 6 nitrogen and oxygen atoms in total. The summed E-state index contributed by atoms with van der Waals surface area (Å²) in [5, 5.41) is 5.99. The molecule has 0 aliphatic rings. The fourth-order valence-electron chi connectivity index (χ4n) is 3.16. The lowest BCUT2D eigenvalue weighted by molar-refractivity contribution is 0.416. The van der Waals surface area contributed by atoms with E-state index in [0.29, 0.717) is 27.9 Å². The summed E-state index contributed by atoms with van der Waals surface area (Å²) in [7, 11) is 1.13. The molecule has 0 saturated carbocycles. The molecule has 152 valence electrons. The molecule has 29 heavy (non-hydrogen) atoms. The summed E-state index contributed by atoms with van der Waals surface area (Å²) in [5.41, 5.74) is 4.41. The highest BCUT2D eigenvalue weighted by Crippen LogP contribution is 2.31. The zero-order valence-corrected chi connectivity index (χ0v) is 18.3. The third-order valence-corrected chi connectivity index (χ3v) is 7.15. The van der Waals surface area contributed by atoms with Crippen molar-refractivity contribution in [3.63, 3.8) is 0 Å². The second-order valence-corrected chi connectivity index (χ2v) is 9.43. The Bertz CT molecular complexity index is 1240. The molecule has 0 aliphatic heterocycles. The summed E-state index contributed by atoms with van der Waals surface area (Å²) < 4.78 is 20.4. The molecule has 0 bridgehead atoms. The van der Waals surface area contributed by atoms with Crippen LogP contribution >= 0.6 is 0 Å². The number of nitrogens with zero attached hydrogens (tertiary/aromatic N) is 3. The Hall–Kier alpha value is -3.02. The number of hydrogen-bond donors (Lipinski definition) is 1. The molecule has 3 aromatic rings. The molecule has 1 unspecified atom stereocenters. The van der Waals surface area contributed by atoms with Gasteiger partial charge in [-0.05, 0) is 50.3 Å². The molecule has 0 amide bonds. The van der Waals surface area contributed by atoms with Crippen LogP contribution in [-0.2, 0) is 16.6 Å². The van der Waals surface area contributed by atoms with Gasteiger partial charge in [0.2, 0.25) is 0 Å². The lowest BCUT2D eigenvalue weighted by atomic mass is 10.1. The summed E-state index contributed by atoms with van der Waals surface area (Å²) in [6.45, 7) is 9.38. The number of anilines is 1. The van der Waals surface area contributed by atoms with Crippen LogP contribution in [-0.4, -0.2) is 37.5 Å². The average Bonchev–Trinajstić information content (AvgIpc) is 3.10. The van der Waals surface area contributed by atoms with Gasteiger partial charge in [0, 0.05) is 27.2 Å². The second kappa shape index (κ2) is 8.15. The number of rotatable bonds is 5.